The zero-order chi connectivity index (χ0) is 28.5. The van der Waals surface area contributed by atoms with Gasteiger partial charge in [0.2, 0.25) is 17.7 Å². The number of benzene rings is 2. The molecule has 1 fully saturated rings. The van der Waals surface area contributed by atoms with Crippen LogP contribution in [0.4, 0.5) is 0 Å². The Morgan fingerprint density at radius 1 is 0.975 bits per heavy atom. The number of aliphatic hydroxyl groups excluding tert-OH is 1. The molecule has 10 nitrogen and oxygen atoms in total. The minimum absolute atomic E-state index is 0.0625. The third kappa shape index (κ3) is 7.38. The number of likely N-dealkylation sites (tertiary alicyclic amines) is 1. The maximum absolute atomic E-state index is 13.6. The number of nitrogens with one attached hydrogen (secondary N) is 2. The first kappa shape index (κ1) is 29.1. The number of ether oxygens (including phenoxy) is 1. The van der Waals surface area contributed by atoms with Crippen molar-refractivity contribution in [2.24, 2.45) is 5.92 Å². The van der Waals surface area contributed by atoms with Gasteiger partial charge in [-0.2, -0.15) is 0 Å². The van der Waals surface area contributed by atoms with Gasteiger partial charge in [0.15, 0.2) is 0 Å². The van der Waals surface area contributed by atoms with Crippen LogP contribution in [0.2, 0.25) is 0 Å². The molecule has 2 atom stereocenters. The predicted molar refractivity (Wildman–Crippen MR) is 149 cm³/mol. The zero-order valence-corrected chi connectivity index (χ0v) is 22.9. The smallest absolute Gasteiger partial charge is 0.255 e. The van der Waals surface area contributed by atoms with Crippen LogP contribution in [0.25, 0.3) is 0 Å². The SMILES string of the molecule is CCN1CCOc2ccccc2C(=O)N[C@H](C(=O)N2CCC(CO)CC2)CC(=O)N[C@H](Cc2ccccc2)C1=O. The van der Waals surface area contributed by atoms with Gasteiger partial charge in [0.25, 0.3) is 5.91 Å². The van der Waals surface area contributed by atoms with E-state index in [4.69, 9.17) is 4.74 Å². The van der Waals surface area contributed by atoms with Gasteiger partial charge in [0.05, 0.1) is 18.5 Å². The number of carbonyl (C=O) groups is 4. The van der Waals surface area contributed by atoms with Crippen LogP contribution in [-0.2, 0) is 20.8 Å². The number of hydrogen-bond donors (Lipinski definition) is 3. The molecule has 40 heavy (non-hydrogen) atoms. The Kier molecular flexibility index (Phi) is 10.1. The number of aliphatic hydroxyl groups is 1. The van der Waals surface area contributed by atoms with Crippen molar-refractivity contribution >= 4 is 23.6 Å². The molecule has 4 rings (SSSR count). The topological polar surface area (TPSA) is 128 Å². The highest BCUT2D eigenvalue weighted by atomic mass is 16.5. The Morgan fingerprint density at radius 2 is 1.68 bits per heavy atom. The van der Waals surface area contributed by atoms with Crippen LogP contribution < -0.4 is 15.4 Å². The van der Waals surface area contributed by atoms with Crippen LogP contribution in [0, 0.1) is 5.92 Å². The molecular weight excluding hydrogens is 512 g/mol. The Morgan fingerprint density at radius 3 is 2.38 bits per heavy atom. The summed E-state index contributed by atoms with van der Waals surface area (Å²) in [6, 6.07) is 14.1. The molecule has 0 saturated carbocycles. The molecule has 1 saturated heterocycles. The minimum Gasteiger partial charge on any atom is -0.491 e. The molecule has 0 aliphatic carbocycles. The summed E-state index contributed by atoms with van der Waals surface area (Å²) in [7, 11) is 0. The van der Waals surface area contributed by atoms with Crippen LogP contribution >= 0.6 is 0 Å². The molecule has 10 heteroatoms. The number of fused-ring (bicyclic) bond motifs is 1. The van der Waals surface area contributed by atoms with Crippen LogP contribution in [0.5, 0.6) is 5.75 Å². The summed E-state index contributed by atoms with van der Waals surface area (Å²) in [6.07, 6.45) is 1.25. The van der Waals surface area contributed by atoms with Crippen molar-refractivity contribution in [3.05, 3.63) is 65.7 Å². The molecule has 0 unspecified atom stereocenters. The molecule has 0 aromatic heterocycles. The van der Waals surface area contributed by atoms with Crippen LogP contribution in [-0.4, -0.2) is 90.0 Å². The first-order valence-corrected chi connectivity index (χ1v) is 13.9. The molecule has 2 aliphatic rings. The van der Waals surface area contributed by atoms with Gasteiger partial charge in [0, 0.05) is 32.7 Å². The molecule has 2 heterocycles. The lowest BCUT2D eigenvalue weighted by molar-refractivity contribution is -0.139. The number of rotatable bonds is 5. The average Bonchev–Trinajstić information content (AvgIpc) is 2.98. The third-order valence-electron chi connectivity index (χ3n) is 7.54. The van der Waals surface area contributed by atoms with Crippen molar-refractivity contribution in [3.63, 3.8) is 0 Å². The molecular formula is C30H38N4O6. The van der Waals surface area contributed by atoms with Gasteiger partial charge in [-0.1, -0.05) is 42.5 Å². The summed E-state index contributed by atoms with van der Waals surface area (Å²) < 4.78 is 5.93. The fraction of sp³-hybridized carbons (Fsp3) is 0.467. The predicted octanol–water partition coefficient (Wildman–Crippen LogP) is 1.37. The maximum Gasteiger partial charge on any atom is 0.255 e. The fourth-order valence-corrected chi connectivity index (χ4v) is 5.17. The van der Waals surface area contributed by atoms with Crippen molar-refractivity contribution in [2.75, 3.05) is 39.4 Å². The number of carbonyl (C=O) groups excluding carboxylic acids is 4. The molecule has 2 aliphatic heterocycles. The highest BCUT2D eigenvalue weighted by Gasteiger charge is 2.33. The van der Waals surface area contributed by atoms with Gasteiger partial charge in [-0.25, -0.2) is 0 Å². The van der Waals surface area contributed by atoms with E-state index in [2.05, 4.69) is 10.6 Å². The highest BCUT2D eigenvalue weighted by molar-refractivity contribution is 6.01. The minimum atomic E-state index is -1.14. The van der Waals surface area contributed by atoms with Gasteiger partial charge in [-0.3, -0.25) is 19.2 Å². The second-order valence-electron chi connectivity index (χ2n) is 10.3. The molecule has 214 valence electrons. The monoisotopic (exact) mass is 550 g/mol. The maximum atomic E-state index is 13.6. The van der Waals surface area contributed by atoms with Gasteiger partial charge in [-0.05, 0) is 43.4 Å². The van der Waals surface area contributed by atoms with Crippen LogP contribution in [0.1, 0.15) is 42.1 Å². The third-order valence-corrected chi connectivity index (χ3v) is 7.54. The van der Waals surface area contributed by atoms with Crippen molar-refractivity contribution in [2.45, 2.75) is 44.7 Å². The number of para-hydroxylation sites is 1. The first-order valence-electron chi connectivity index (χ1n) is 13.9. The molecule has 0 radical (unpaired) electrons. The standard InChI is InChI=1S/C30H38N4O6/c1-2-33-16-17-40-26-11-7-6-10-23(26)28(37)32-25(30(39)34-14-12-22(20-35)13-15-34)19-27(36)31-24(29(33)38)18-21-8-4-3-5-9-21/h3-11,22,24-25,35H,2,12-20H2,1H3,(H,31,36)(H,32,37)/t24-,25+/m1/s1. The molecule has 0 bridgehead atoms. The fourth-order valence-electron chi connectivity index (χ4n) is 5.17. The normalized spacial score (nSPS) is 21.5. The number of hydrogen-bond acceptors (Lipinski definition) is 6. The first-order chi connectivity index (χ1) is 19.4. The van der Waals surface area contributed by atoms with Gasteiger partial charge < -0.3 is 30.3 Å². The second-order valence-corrected chi connectivity index (χ2v) is 10.3. The number of likely N-dealkylation sites (N-methyl/N-ethyl adjacent to an activating group) is 1. The Bertz CT molecular complexity index is 1180. The molecule has 2 aromatic carbocycles. The number of nitrogens with zero attached hydrogens (tertiary/aromatic N) is 2. The van der Waals surface area contributed by atoms with Crippen LogP contribution in [0.3, 0.4) is 0 Å². The summed E-state index contributed by atoms with van der Waals surface area (Å²) in [5.74, 6) is -1.18. The lowest BCUT2D eigenvalue weighted by atomic mass is 9.97. The quantitative estimate of drug-likeness (QED) is 0.516. The second kappa shape index (κ2) is 13.9. The summed E-state index contributed by atoms with van der Waals surface area (Å²) in [6.45, 7) is 3.62. The van der Waals surface area contributed by atoms with Crippen molar-refractivity contribution < 1.29 is 29.0 Å². The highest BCUT2D eigenvalue weighted by Crippen LogP contribution is 2.21. The Labute approximate surface area is 234 Å². The van der Waals surface area contributed by atoms with E-state index in [0.29, 0.717) is 38.2 Å². The van der Waals surface area contributed by atoms with E-state index in [0.717, 1.165) is 5.56 Å². The number of piperidine rings is 1. The summed E-state index contributed by atoms with van der Waals surface area (Å²) >= 11 is 0. The summed E-state index contributed by atoms with van der Waals surface area (Å²) in [4.78, 5) is 57.2. The Hall–Kier alpha value is -3.92. The largest absolute Gasteiger partial charge is 0.491 e. The van der Waals surface area contributed by atoms with Crippen molar-refractivity contribution in [1.29, 1.82) is 0 Å². The van der Waals surface area contributed by atoms with E-state index in [1.807, 2.05) is 37.3 Å². The van der Waals surface area contributed by atoms with Gasteiger partial charge >= 0.3 is 0 Å². The number of amides is 4. The molecule has 3 N–H and O–H groups in total. The molecule has 4 amide bonds. The average molecular weight is 551 g/mol. The summed E-state index contributed by atoms with van der Waals surface area (Å²) in [5, 5.41) is 15.1. The van der Waals surface area contributed by atoms with Crippen LogP contribution in [0.15, 0.2) is 54.6 Å². The lowest BCUT2D eigenvalue weighted by Crippen LogP contribution is -2.55. The van der Waals surface area contributed by atoms with Crippen molar-refractivity contribution in [3.8, 4) is 5.75 Å². The van der Waals surface area contributed by atoms with E-state index in [1.54, 1.807) is 34.1 Å². The molecule has 2 aromatic rings. The van der Waals surface area contributed by atoms with Gasteiger partial charge in [0.1, 0.15) is 24.4 Å². The zero-order valence-electron chi connectivity index (χ0n) is 22.9. The molecule has 0 spiro atoms. The van der Waals surface area contributed by atoms with Gasteiger partial charge in [-0.15, -0.1) is 0 Å². The van der Waals surface area contributed by atoms with E-state index < -0.39 is 23.9 Å². The van der Waals surface area contributed by atoms with E-state index in [1.165, 1.54) is 0 Å². The van der Waals surface area contributed by atoms with Crippen molar-refractivity contribution in [1.82, 2.24) is 20.4 Å². The lowest BCUT2D eigenvalue weighted by Gasteiger charge is -2.34. The Balaban J connectivity index is 1.63. The summed E-state index contributed by atoms with van der Waals surface area (Å²) in [5.41, 5.74) is 1.13. The van der Waals surface area contributed by atoms with E-state index in [-0.39, 0.29) is 55.9 Å². The van der Waals surface area contributed by atoms with E-state index in [9.17, 15) is 24.3 Å². The van der Waals surface area contributed by atoms with E-state index >= 15 is 0 Å².